The smallest absolute Gasteiger partial charge is 0.243 e. The predicted molar refractivity (Wildman–Crippen MR) is 106 cm³/mol. The summed E-state index contributed by atoms with van der Waals surface area (Å²) in [7, 11) is -3.81. The molecule has 1 N–H and O–H groups in total. The molecule has 0 unspecified atom stereocenters. The Bertz CT molecular complexity index is 863. The van der Waals surface area contributed by atoms with Crippen LogP contribution < -0.4 is 5.32 Å². The molecule has 0 radical (unpaired) electrons. The molecule has 0 aliphatic rings. The molecule has 0 bridgehead atoms. The van der Waals surface area contributed by atoms with Crippen molar-refractivity contribution in [3.05, 3.63) is 76.8 Å². The monoisotopic (exact) mass is 436 g/mol. The lowest BCUT2D eigenvalue weighted by atomic mass is 10.2. The molecule has 0 aliphatic carbocycles. The molecule has 138 valence electrons. The Kier molecular flexibility index (Phi) is 7.14. The van der Waals surface area contributed by atoms with E-state index in [-0.39, 0.29) is 30.4 Å². The van der Waals surface area contributed by atoms with E-state index < -0.39 is 10.0 Å². The summed E-state index contributed by atoms with van der Waals surface area (Å²) in [5, 5.41) is 2.62. The van der Waals surface area contributed by atoms with Crippen LogP contribution in [0.3, 0.4) is 0 Å². The number of hydrogen-bond acceptors (Lipinski definition) is 3. The van der Waals surface area contributed by atoms with Gasteiger partial charge < -0.3 is 5.32 Å². The fraction of sp³-hybridized carbons (Fsp3) is 0.211. The minimum Gasteiger partial charge on any atom is -0.351 e. The van der Waals surface area contributed by atoms with Crippen molar-refractivity contribution >= 4 is 31.9 Å². The van der Waals surface area contributed by atoms with Crippen molar-refractivity contribution in [2.45, 2.75) is 18.4 Å². The van der Waals surface area contributed by atoms with Gasteiger partial charge in [-0.1, -0.05) is 51.8 Å². The van der Waals surface area contributed by atoms with Crippen LogP contribution in [0.2, 0.25) is 0 Å². The van der Waals surface area contributed by atoms with Crippen LogP contribution in [0.1, 0.15) is 11.1 Å². The third-order valence-electron chi connectivity index (χ3n) is 3.69. The highest BCUT2D eigenvalue weighted by molar-refractivity contribution is 9.10. The maximum Gasteiger partial charge on any atom is 0.243 e. The molecule has 0 heterocycles. The van der Waals surface area contributed by atoms with Gasteiger partial charge in [-0.25, -0.2) is 8.42 Å². The fourth-order valence-electron chi connectivity index (χ4n) is 2.28. The van der Waals surface area contributed by atoms with E-state index in [1.807, 2.05) is 31.2 Å². The highest BCUT2D eigenvalue weighted by atomic mass is 79.9. The van der Waals surface area contributed by atoms with E-state index in [0.29, 0.717) is 0 Å². The first-order valence-corrected chi connectivity index (χ1v) is 10.2. The van der Waals surface area contributed by atoms with Crippen LogP contribution >= 0.6 is 15.9 Å². The van der Waals surface area contributed by atoms with Gasteiger partial charge in [0.15, 0.2) is 0 Å². The molecule has 26 heavy (non-hydrogen) atoms. The van der Waals surface area contributed by atoms with Crippen LogP contribution in [-0.2, 0) is 21.4 Å². The van der Waals surface area contributed by atoms with Gasteiger partial charge in [0, 0.05) is 17.6 Å². The van der Waals surface area contributed by atoms with Crippen LogP contribution in [0.4, 0.5) is 0 Å². The summed E-state index contributed by atoms with van der Waals surface area (Å²) in [6, 6.07) is 13.9. The predicted octanol–water partition coefficient (Wildman–Crippen LogP) is 3.25. The molecule has 2 aromatic rings. The summed E-state index contributed by atoms with van der Waals surface area (Å²) in [5.74, 6) is -0.377. The van der Waals surface area contributed by atoms with Crippen molar-refractivity contribution < 1.29 is 13.2 Å². The van der Waals surface area contributed by atoms with Gasteiger partial charge in [0.1, 0.15) is 0 Å². The zero-order valence-corrected chi connectivity index (χ0v) is 16.9. The first-order chi connectivity index (χ1) is 12.3. The Balaban J connectivity index is 2.31. The second-order valence-electron chi connectivity index (χ2n) is 5.81. The molecule has 0 saturated heterocycles. The standard InChI is InChI=1S/C19H21BrN2O3S/c1-3-12-21-19(23)14-22(13-16-6-8-17(20)9-7-16)26(24,25)18-10-4-15(2)5-11-18/h3-11H,1,12-14H2,2H3,(H,21,23). The lowest BCUT2D eigenvalue weighted by molar-refractivity contribution is -0.121. The molecular weight excluding hydrogens is 416 g/mol. The van der Waals surface area contributed by atoms with Gasteiger partial charge in [-0.15, -0.1) is 6.58 Å². The minimum atomic E-state index is -3.81. The third kappa shape index (κ3) is 5.52. The molecule has 2 aromatic carbocycles. The Morgan fingerprint density at radius 3 is 2.35 bits per heavy atom. The van der Waals surface area contributed by atoms with Crippen LogP contribution in [0.15, 0.2) is 70.6 Å². The van der Waals surface area contributed by atoms with E-state index in [2.05, 4.69) is 27.8 Å². The maximum atomic E-state index is 13.0. The molecule has 0 saturated carbocycles. The lowest BCUT2D eigenvalue weighted by Gasteiger charge is -2.22. The van der Waals surface area contributed by atoms with E-state index in [4.69, 9.17) is 0 Å². The topological polar surface area (TPSA) is 66.5 Å². The van der Waals surface area contributed by atoms with Crippen LogP contribution in [0, 0.1) is 6.92 Å². The number of nitrogens with zero attached hydrogens (tertiary/aromatic N) is 1. The zero-order chi connectivity index (χ0) is 19.2. The SMILES string of the molecule is C=CCNC(=O)CN(Cc1ccc(Br)cc1)S(=O)(=O)c1ccc(C)cc1. The largest absolute Gasteiger partial charge is 0.351 e. The van der Waals surface area contributed by atoms with Gasteiger partial charge in [-0.2, -0.15) is 4.31 Å². The molecule has 0 aromatic heterocycles. The number of aryl methyl sites for hydroxylation is 1. The first-order valence-electron chi connectivity index (χ1n) is 8.02. The van der Waals surface area contributed by atoms with Gasteiger partial charge >= 0.3 is 0 Å². The Labute approximate surface area is 162 Å². The second kappa shape index (κ2) is 9.12. The zero-order valence-electron chi connectivity index (χ0n) is 14.5. The molecule has 2 rings (SSSR count). The van der Waals surface area contributed by atoms with Gasteiger partial charge in [0.25, 0.3) is 0 Å². The number of hydrogen-bond donors (Lipinski definition) is 1. The Morgan fingerprint density at radius 1 is 1.15 bits per heavy atom. The van der Waals surface area contributed by atoms with E-state index in [1.54, 1.807) is 30.3 Å². The summed E-state index contributed by atoms with van der Waals surface area (Å²) in [6.07, 6.45) is 1.55. The summed E-state index contributed by atoms with van der Waals surface area (Å²) in [4.78, 5) is 12.3. The van der Waals surface area contributed by atoms with E-state index in [9.17, 15) is 13.2 Å². The van der Waals surface area contributed by atoms with Crippen molar-refractivity contribution in [2.75, 3.05) is 13.1 Å². The fourth-order valence-corrected chi connectivity index (χ4v) is 3.93. The van der Waals surface area contributed by atoms with E-state index in [0.717, 1.165) is 15.6 Å². The van der Waals surface area contributed by atoms with Crippen LogP contribution in [-0.4, -0.2) is 31.7 Å². The number of carbonyl (C=O) groups is 1. The molecular formula is C19H21BrN2O3S. The van der Waals surface area contributed by atoms with Gasteiger partial charge in [-0.3, -0.25) is 4.79 Å². The van der Waals surface area contributed by atoms with Crippen LogP contribution in [0.5, 0.6) is 0 Å². The van der Waals surface area contributed by atoms with Gasteiger partial charge in [0.05, 0.1) is 11.4 Å². The Morgan fingerprint density at radius 2 is 1.77 bits per heavy atom. The second-order valence-corrected chi connectivity index (χ2v) is 8.66. The minimum absolute atomic E-state index is 0.102. The van der Waals surface area contributed by atoms with Crippen molar-refractivity contribution in [2.24, 2.45) is 0 Å². The number of rotatable bonds is 8. The summed E-state index contributed by atoms with van der Waals surface area (Å²) < 4.78 is 28.2. The summed E-state index contributed by atoms with van der Waals surface area (Å²) in [5.41, 5.74) is 1.76. The first kappa shape index (κ1) is 20.4. The molecule has 0 aliphatic heterocycles. The lowest BCUT2D eigenvalue weighted by Crippen LogP contribution is -2.40. The highest BCUT2D eigenvalue weighted by Crippen LogP contribution is 2.20. The normalized spacial score (nSPS) is 11.3. The number of benzene rings is 2. The van der Waals surface area contributed by atoms with Gasteiger partial charge in [-0.05, 0) is 36.8 Å². The summed E-state index contributed by atoms with van der Waals surface area (Å²) >= 11 is 3.36. The summed E-state index contributed by atoms with van der Waals surface area (Å²) in [6.45, 7) is 5.55. The van der Waals surface area contributed by atoms with Crippen molar-refractivity contribution in [1.29, 1.82) is 0 Å². The number of halogens is 1. The van der Waals surface area contributed by atoms with Gasteiger partial charge in [0.2, 0.25) is 15.9 Å². The highest BCUT2D eigenvalue weighted by Gasteiger charge is 2.26. The average Bonchev–Trinajstić information content (AvgIpc) is 2.61. The third-order valence-corrected chi connectivity index (χ3v) is 6.03. The van der Waals surface area contributed by atoms with Crippen molar-refractivity contribution in [1.82, 2.24) is 9.62 Å². The molecule has 1 amide bonds. The molecule has 0 atom stereocenters. The molecule has 0 fully saturated rings. The molecule has 7 heteroatoms. The van der Waals surface area contributed by atoms with Crippen molar-refractivity contribution in [3.63, 3.8) is 0 Å². The number of sulfonamides is 1. The average molecular weight is 437 g/mol. The molecule has 5 nitrogen and oxygen atoms in total. The molecule has 0 spiro atoms. The number of amides is 1. The Hall–Kier alpha value is -1.96. The van der Waals surface area contributed by atoms with Crippen molar-refractivity contribution in [3.8, 4) is 0 Å². The quantitative estimate of drug-likeness (QED) is 0.645. The number of nitrogens with one attached hydrogen (secondary N) is 1. The van der Waals surface area contributed by atoms with E-state index >= 15 is 0 Å². The number of carbonyl (C=O) groups excluding carboxylic acids is 1. The van der Waals surface area contributed by atoms with E-state index in [1.165, 1.54) is 4.31 Å². The maximum absolute atomic E-state index is 13.0. The van der Waals surface area contributed by atoms with Crippen LogP contribution in [0.25, 0.3) is 0 Å².